The summed E-state index contributed by atoms with van der Waals surface area (Å²) in [5, 5.41) is 8.90. The van der Waals surface area contributed by atoms with Crippen molar-refractivity contribution in [2.45, 2.75) is 26.2 Å². The number of hydrogen-bond donors (Lipinski definition) is 1. The van der Waals surface area contributed by atoms with Gasteiger partial charge in [-0.1, -0.05) is 0 Å². The van der Waals surface area contributed by atoms with Gasteiger partial charge < -0.3 is 14.9 Å². The van der Waals surface area contributed by atoms with E-state index >= 15 is 0 Å². The lowest BCUT2D eigenvalue weighted by atomic mass is 9.78. The van der Waals surface area contributed by atoms with Crippen LogP contribution >= 0.6 is 0 Å². The van der Waals surface area contributed by atoms with Crippen LogP contribution < -0.4 is 0 Å². The zero-order chi connectivity index (χ0) is 11.6. The maximum absolute atomic E-state index is 11.3. The molecule has 2 fully saturated rings. The number of hydrogen-bond acceptors (Lipinski definition) is 3. The number of carbonyl (C=O) groups excluding carboxylic acids is 1. The number of rotatable bonds is 2. The third-order valence-electron chi connectivity index (χ3n) is 4.22. The molecule has 92 valence electrons. The van der Waals surface area contributed by atoms with Crippen molar-refractivity contribution >= 4 is 5.91 Å². The number of aliphatic hydroxyl groups excluding tert-OH is 1. The van der Waals surface area contributed by atoms with Gasteiger partial charge >= 0.3 is 0 Å². The van der Waals surface area contributed by atoms with Crippen LogP contribution in [0.1, 0.15) is 26.2 Å². The minimum atomic E-state index is 0.217. The summed E-state index contributed by atoms with van der Waals surface area (Å²) < 4.78 is 0. The summed E-state index contributed by atoms with van der Waals surface area (Å²) in [6.07, 6.45) is 3.52. The molecule has 0 aromatic rings. The second kappa shape index (κ2) is 4.72. The van der Waals surface area contributed by atoms with Gasteiger partial charge in [-0.25, -0.2) is 0 Å². The molecule has 4 nitrogen and oxygen atoms in total. The van der Waals surface area contributed by atoms with Crippen LogP contribution in [0.25, 0.3) is 0 Å². The van der Waals surface area contributed by atoms with Crippen LogP contribution in [-0.2, 0) is 4.79 Å². The number of amides is 1. The average molecular weight is 226 g/mol. The summed E-state index contributed by atoms with van der Waals surface area (Å²) in [6.45, 7) is 6.77. The minimum Gasteiger partial charge on any atom is -0.395 e. The molecule has 1 amide bonds. The summed E-state index contributed by atoms with van der Waals surface area (Å²) in [6, 6.07) is 0. The fraction of sp³-hybridized carbons (Fsp3) is 0.917. The lowest BCUT2D eigenvalue weighted by molar-refractivity contribution is -0.128. The molecule has 2 rings (SSSR count). The van der Waals surface area contributed by atoms with E-state index in [-0.39, 0.29) is 12.5 Å². The van der Waals surface area contributed by atoms with E-state index in [9.17, 15) is 4.79 Å². The Kier molecular flexibility index (Phi) is 3.50. The molecule has 0 unspecified atom stereocenters. The van der Waals surface area contributed by atoms with Crippen LogP contribution in [0.2, 0.25) is 0 Å². The van der Waals surface area contributed by atoms with Crippen LogP contribution in [0.4, 0.5) is 0 Å². The van der Waals surface area contributed by atoms with E-state index in [4.69, 9.17) is 5.11 Å². The Morgan fingerprint density at radius 3 is 2.38 bits per heavy atom. The summed E-state index contributed by atoms with van der Waals surface area (Å²) in [5.41, 5.74) is 0.387. The fourth-order valence-electron chi connectivity index (χ4n) is 3.00. The van der Waals surface area contributed by atoms with Crippen molar-refractivity contribution in [2.24, 2.45) is 5.41 Å². The Balaban J connectivity index is 1.86. The third kappa shape index (κ3) is 2.38. The average Bonchev–Trinajstić information content (AvgIpc) is 2.67. The van der Waals surface area contributed by atoms with Crippen LogP contribution in [0.15, 0.2) is 0 Å². The first-order chi connectivity index (χ1) is 7.65. The molecule has 1 spiro atoms. The smallest absolute Gasteiger partial charge is 0.219 e. The number of piperidine rings is 1. The van der Waals surface area contributed by atoms with E-state index in [2.05, 4.69) is 4.90 Å². The van der Waals surface area contributed by atoms with Crippen LogP contribution in [0.5, 0.6) is 0 Å². The molecule has 0 aliphatic carbocycles. The number of likely N-dealkylation sites (tertiary alicyclic amines) is 2. The summed E-state index contributed by atoms with van der Waals surface area (Å²) in [4.78, 5) is 15.6. The largest absolute Gasteiger partial charge is 0.395 e. The van der Waals surface area contributed by atoms with Crippen molar-refractivity contribution in [3.63, 3.8) is 0 Å². The number of aliphatic hydroxyl groups is 1. The summed E-state index contributed by atoms with van der Waals surface area (Å²) >= 11 is 0. The third-order valence-corrected chi connectivity index (χ3v) is 4.22. The standard InChI is InChI=1S/C12H22N2O2/c1-11(16)14-7-4-12(10-14)2-5-13(6-3-12)8-9-15/h15H,2-10H2,1H3. The van der Waals surface area contributed by atoms with Crippen molar-refractivity contribution in [2.75, 3.05) is 39.3 Å². The maximum Gasteiger partial charge on any atom is 0.219 e. The molecule has 2 aliphatic rings. The first-order valence-corrected chi connectivity index (χ1v) is 6.24. The highest BCUT2D eigenvalue weighted by Crippen LogP contribution is 2.40. The fourth-order valence-corrected chi connectivity index (χ4v) is 3.00. The molecule has 1 N–H and O–H groups in total. The van der Waals surface area contributed by atoms with Gasteiger partial charge in [0, 0.05) is 26.6 Å². The van der Waals surface area contributed by atoms with E-state index in [1.165, 1.54) is 19.3 Å². The van der Waals surface area contributed by atoms with Crippen molar-refractivity contribution in [1.29, 1.82) is 0 Å². The second-order valence-corrected chi connectivity index (χ2v) is 5.26. The molecule has 2 aliphatic heterocycles. The molecular weight excluding hydrogens is 204 g/mol. The molecule has 0 bridgehead atoms. The molecular formula is C12H22N2O2. The Hall–Kier alpha value is -0.610. The Morgan fingerprint density at radius 1 is 1.25 bits per heavy atom. The first-order valence-electron chi connectivity index (χ1n) is 6.24. The van der Waals surface area contributed by atoms with Gasteiger partial charge in [0.05, 0.1) is 6.61 Å². The number of nitrogens with zero attached hydrogens (tertiary/aromatic N) is 2. The molecule has 0 radical (unpaired) electrons. The van der Waals surface area contributed by atoms with E-state index in [1.54, 1.807) is 6.92 Å². The Morgan fingerprint density at radius 2 is 1.88 bits per heavy atom. The van der Waals surface area contributed by atoms with Gasteiger partial charge in [-0.2, -0.15) is 0 Å². The minimum absolute atomic E-state index is 0.217. The molecule has 2 heterocycles. The van der Waals surface area contributed by atoms with E-state index in [0.29, 0.717) is 5.41 Å². The lowest BCUT2D eigenvalue weighted by Gasteiger charge is -2.39. The predicted molar refractivity (Wildman–Crippen MR) is 62.1 cm³/mol. The Labute approximate surface area is 97.2 Å². The summed E-state index contributed by atoms with van der Waals surface area (Å²) in [7, 11) is 0. The topological polar surface area (TPSA) is 43.8 Å². The maximum atomic E-state index is 11.3. The van der Waals surface area contributed by atoms with Crippen molar-refractivity contribution in [3.8, 4) is 0 Å². The van der Waals surface area contributed by atoms with Gasteiger partial charge in [0.25, 0.3) is 0 Å². The zero-order valence-corrected chi connectivity index (χ0v) is 10.1. The highest BCUT2D eigenvalue weighted by molar-refractivity contribution is 5.73. The first kappa shape index (κ1) is 11.9. The molecule has 4 heteroatoms. The number of carbonyl (C=O) groups is 1. The quantitative estimate of drug-likeness (QED) is 0.737. The normalized spacial score (nSPS) is 25.2. The second-order valence-electron chi connectivity index (χ2n) is 5.26. The molecule has 2 saturated heterocycles. The van der Waals surface area contributed by atoms with E-state index in [1.807, 2.05) is 4.90 Å². The highest BCUT2D eigenvalue weighted by atomic mass is 16.3. The van der Waals surface area contributed by atoms with Crippen molar-refractivity contribution in [3.05, 3.63) is 0 Å². The van der Waals surface area contributed by atoms with Gasteiger partial charge in [-0.3, -0.25) is 4.79 Å². The van der Waals surface area contributed by atoms with Crippen molar-refractivity contribution in [1.82, 2.24) is 9.80 Å². The van der Waals surface area contributed by atoms with Crippen LogP contribution in [0, 0.1) is 5.41 Å². The molecule has 0 atom stereocenters. The van der Waals surface area contributed by atoms with Gasteiger partial charge in [0.1, 0.15) is 0 Å². The summed E-state index contributed by atoms with van der Waals surface area (Å²) in [5.74, 6) is 0.217. The van der Waals surface area contributed by atoms with Crippen LogP contribution in [-0.4, -0.2) is 60.1 Å². The lowest BCUT2D eigenvalue weighted by Crippen LogP contribution is -2.42. The SMILES string of the molecule is CC(=O)N1CCC2(CCN(CCO)CC2)C1. The molecule has 0 aromatic heterocycles. The van der Waals surface area contributed by atoms with Gasteiger partial charge in [0.15, 0.2) is 0 Å². The Bertz CT molecular complexity index is 260. The van der Waals surface area contributed by atoms with Gasteiger partial charge in [-0.05, 0) is 37.8 Å². The zero-order valence-electron chi connectivity index (χ0n) is 10.1. The van der Waals surface area contributed by atoms with Gasteiger partial charge in [-0.15, -0.1) is 0 Å². The molecule has 0 saturated carbocycles. The van der Waals surface area contributed by atoms with Crippen molar-refractivity contribution < 1.29 is 9.90 Å². The number of β-amino-alcohol motifs (C(OH)–C–C–N with tert-alkyl or cyclic N) is 1. The van der Waals surface area contributed by atoms with Gasteiger partial charge in [0.2, 0.25) is 5.91 Å². The molecule has 0 aromatic carbocycles. The molecule has 16 heavy (non-hydrogen) atoms. The monoisotopic (exact) mass is 226 g/mol. The van der Waals surface area contributed by atoms with Crippen LogP contribution in [0.3, 0.4) is 0 Å². The van der Waals surface area contributed by atoms with E-state index < -0.39 is 0 Å². The predicted octanol–water partition coefficient (Wildman–Crippen LogP) is 0.313. The van der Waals surface area contributed by atoms with E-state index in [0.717, 1.165) is 32.7 Å². The highest BCUT2D eigenvalue weighted by Gasteiger charge is 2.40.